The fourth-order valence-corrected chi connectivity index (χ4v) is 1.10. The van der Waals surface area contributed by atoms with Crippen molar-refractivity contribution < 1.29 is 8.83 Å². The molecule has 0 aliphatic heterocycles. The minimum atomic E-state index is 0.441. The molecule has 3 heteroatoms. The van der Waals surface area contributed by atoms with Gasteiger partial charge in [0, 0.05) is 18.1 Å². The van der Waals surface area contributed by atoms with Crippen LogP contribution >= 0.6 is 0 Å². The van der Waals surface area contributed by atoms with E-state index in [9.17, 15) is 0 Å². The van der Waals surface area contributed by atoms with Gasteiger partial charge in [0.25, 0.3) is 0 Å². The first-order valence-corrected chi connectivity index (χ1v) is 3.70. The first-order valence-electron chi connectivity index (χ1n) is 3.70. The zero-order valence-corrected chi connectivity index (χ0v) is 6.49. The first kappa shape index (κ1) is 7.03. The van der Waals surface area contributed by atoms with Gasteiger partial charge in [0.2, 0.25) is 0 Å². The number of anilines is 1. The summed E-state index contributed by atoms with van der Waals surface area (Å²) in [5, 5.41) is 0. The Morgan fingerprint density at radius 3 is 2.83 bits per heavy atom. The van der Waals surface area contributed by atoms with Gasteiger partial charge in [-0.2, -0.15) is 0 Å². The first-order chi connectivity index (χ1) is 5.84. The molecule has 0 spiro atoms. The SMILES string of the molecule is Nc1cc(Cc2ccco2)co1. The maximum absolute atomic E-state index is 5.41. The van der Waals surface area contributed by atoms with E-state index in [0.29, 0.717) is 5.88 Å². The van der Waals surface area contributed by atoms with Gasteiger partial charge in [-0.05, 0) is 12.1 Å². The predicted octanol–water partition coefficient (Wildman–Crippen LogP) is 2.05. The van der Waals surface area contributed by atoms with Crippen LogP contribution in [0.25, 0.3) is 0 Å². The molecule has 2 heterocycles. The summed E-state index contributed by atoms with van der Waals surface area (Å²) in [4.78, 5) is 0. The van der Waals surface area contributed by atoms with Crippen LogP contribution in [0.15, 0.2) is 39.6 Å². The van der Waals surface area contributed by atoms with Gasteiger partial charge in [0.05, 0.1) is 12.5 Å². The zero-order valence-electron chi connectivity index (χ0n) is 6.49. The highest BCUT2D eigenvalue weighted by molar-refractivity contribution is 5.30. The standard InChI is InChI=1S/C9H9NO2/c10-9-5-7(6-12-9)4-8-2-1-3-11-8/h1-3,5-6H,4,10H2. The Morgan fingerprint density at radius 2 is 2.25 bits per heavy atom. The Bertz CT molecular complexity index is 348. The van der Waals surface area contributed by atoms with E-state index < -0.39 is 0 Å². The lowest BCUT2D eigenvalue weighted by Gasteiger charge is -1.89. The van der Waals surface area contributed by atoms with Gasteiger partial charge < -0.3 is 14.6 Å². The van der Waals surface area contributed by atoms with Crippen molar-refractivity contribution in [2.75, 3.05) is 5.73 Å². The van der Waals surface area contributed by atoms with E-state index in [1.165, 1.54) is 0 Å². The van der Waals surface area contributed by atoms with Crippen LogP contribution in [-0.4, -0.2) is 0 Å². The Hall–Kier alpha value is -1.64. The molecule has 0 fully saturated rings. The van der Waals surface area contributed by atoms with Gasteiger partial charge in [-0.15, -0.1) is 0 Å². The lowest BCUT2D eigenvalue weighted by atomic mass is 10.2. The summed E-state index contributed by atoms with van der Waals surface area (Å²) in [6.07, 6.45) is 4.02. The zero-order chi connectivity index (χ0) is 8.39. The van der Waals surface area contributed by atoms with E-state index >= 15 is 0 Å². The molecule has 62 valence electrons. The summed E-state index contributed by atoms with van der Waals surface area (Å²) in [6.45, 7) is 0. The quantitative estimate of drug-likeness (QED) is 0.737. The van der Waals surface area contributed by atoms with Crippen molar-refractivity contribution in [3.63, 3.8) is 0 Å². The number of nitrogen functional groups attached to an aromatic ring is 1. The lowest BCUT2D eigenvalue weighted by Crippen LogP contribution is -1.81. The van der Waals surface area contributed by atoms with Crippen molar-refractivity contribution >= 4 is 5.88 Å². The average molecular weight is 163 g/mol. The monoisotopic (exact) mass is 163 g/mol. The van der Waals surface area contributed by atoms with E-state index in [2.05, 4.69) is 0 Å². The maximum Gasteiger partial charge on any atom is 0.190 e. The number of furan rings is 2. The molecule has 0 aliphatic carbocycles. The summed E-state index contributed by atoms with van der Waals surface area (Å²) >= 11 is 0. The van der Waals surface area contributed by atoms with Crippen LogP contribution in [0.5, 0.6) is 0 Å². The summed E-state index contributed by atoms with van der Waals surface area (Å²) in [6, 6.07) is 5.57. The molecule has 2 aromatic rings. The Labute approximate surface area is 69.8 Å². The van der Waals surface area contributed by atoms with Crippen LogP contribution in [0, 0.1) is 0 Å². The highest BCUT2D eigenvalue weighted by Crippen LogP contribution is 2.14. The number of rotatable bonds is 2. The molecule has 3 nitrogen and oxygen atoms in total. The van der Waals surface area contributed by atoms with Crippen LogP contribution in [0.1, 0.15) is 11.3 Å². The van der Waals surface area contributed by atoms with Gasteiger partial charge in [-0.3, -0.25) is 0 Å². The third-order valence-electron chi connectivity index (χ3n) is 1.63. The van der Waals surface area contributed by atoms with E-state index in [1.807, 2.05) is 12.1 Å². The van der Waals surface area contributed by atoms with E-state index in [0.717, 1.165) is 17.7 Å². The normalized spacial score (nSPS) is 10.3. The molecule has 0 saturated heterocycles. The van der Waals surface area contributed by atoms with E-state index in [4.69, 9.17) is 14.6 Å². The van der Waals surface area contributed by atoms with E-state index in [-0.39, 0.29) is 0 Å². The molecule has 2 aromatic heterocycles. The molecule has 0 atom stereocenters. The van der Waals surface area contributed by atoms with Crippen LogP contribution in [0.4, 0.5) is 5.88 Å². The predicted molar refractivity (Wildman–Crippen MR) is 44.6 cm³/mol. The fraction of sp³-hybridized carbons (Fsp3) is 0.111. The molecule has 0 amide bonds. The fourth-order valence-electron chi connectivity index (χ4n) is 1.10. The van der Waals surface area contributed by atoms with Crippen LogP contribution in [-0.2, 0) is 6.42 Å². The van der Waals surface area contributed by atoms with Gasteiger partial charge >= 0.3 is 0 Å². The molecule has 2 N–H and O–H groups in total. The van der Waals surface area contributed by atoms with Crippen molar-refractivity contribution in [1.29, 1.82) is 0 Å². The van der Waals surface area contributed by atoms with Gasteiger partial charge in [-0.1, -0.05) is 0 Å². The molecule has 0 bridgehead atoms. The van der Waals surface area contributed by atoms with Gasteiger partial charge in [0.1, 0.15) is 5.76 Å². The minimum Gasteiger partial charge on any atom is -0.469 e. The molecule has 0 aliphatic rings. The topological polar surface area (TPSA) is 52.3 Å². The van der Waals surface area contributed by atoms with Crippen molar-refractivity contribution in [3.8, 4) is 0 Å². The molecule has 12 heavy (non-hydrogen) atoms. The number of hydrogen-bond acceptors (Lipinski definition) is 3. The molecule has 0 radical (unpaired) electrons. The molecular weight excluding hydrogens is 154 g/mol. The van der Waals surface area contributed by atoms with Crippen molar-refractivity contribution in [1.82, 2.24) is 0 Å². The lowest BCUT2D eigenvalue weighted by molar-refractivity contribution is 0.518. The maximum atomic E-state index is 5.41. The molecule has 0 saturated carbocycles. The van der Waals surface area contributed by atoms with Crippen LogP contribution < -0.4 is 5.73 Å². The second-order valence-corrected chi connectivity index (χ2v) is 2.61. The second-order valence-electron chi connectivity index (χ2n) is 2.61. The highest BCUT2D eigenvalue weighted by atomic mass is 16.3. The summed E-state index contributed by atoms with van der Waals surface area (Å²) in [5.74, 6) is 1.35. The Balaban J connectivity index is 2.14. The summed E-state index contributed by atoms with van der Waals surface area (Å²) < 4.78 is 10.1. The molecule has 2 rings (SSSR count). The molecular formula is C9H9NO2. The largest absolute Gasteiger partial charge is 0.469 e. The second kappa shape index (κ2) is 2.77. The molecule has 0 unspecified atom stereocenters. The van der Waals surface area contributed by atoms with E-state index in [1.54, 1.807) is 18.6 Å². The highest BCUT2D eigenvalue weighted by Gasteiger charge is 2.01. The smallest absolute Gasteiger partial charge is 0.190 e. The Morgan fingerprint density at radius 1 is 1.33 bits per heavy atom. The van der Waals surface area contributed by atoms with Crippen molar-refractivity contribution in [2.45, 2.75) is 6.42 Å². The van der Waals surface area contributed by atoms with Crippen LogP contribution in [0.2, 0.25) is 0 Å². The molecule has 0 aromatic carbocycles. The van der Waals surface area contributed by atoms with Crippen molar-refractivity contribution in [2.24, 2.45) is 0 Å². The van der Waals surface area contributed by atoms with Crippen LogP contribution in [0.3, 0.4) is 0 Å². The van der Waals surface area contributed by atoms with Gasteiger partial charge in [-0.25, -0.2) is 0 Å². The average Bonchev–Trinajstić information content (AvgIpc) is 2.63. The number of hydrogen-bond donors (Lipinski definition) is 1. The third kappa shape index (κ3) is 1.34. The minimum absolute atomic E-state index is 0.441. The number of nitrogens with two attached hydrogens (primary N) is 1. The summed E-state index contributed by atoms with van der Waals surface area (Å²) in [7, 11) is 0. The van der Waals surface area contributed by atoms with Crippen molar-refractivity contribution in [3.05, 3.63) is 42.0 Å². The third-order valence-corrected chi connectivity index (χ3v) is 1.63. The summed E-state index contributed by atoms with van der Waals surface area (Å²) in [5.41, 5.74) is 6.44. The Kier molecular flexibility index (Phi) is 1.63. The van der Waals surface area contributed by atoms with Gasteiger partial charge in [0.15, 0.2) is 5.88 Å².